The van der Waals surface area contributed by atoms with Gasteiger partial charge in [-0.1, -0.05) is 0 Å². The number of amidine groups is 1. The summed E-state index contributed by atoms with van der Waals surface area (Å²) in [6, 6.07) is 2.35. The number of rotatable bonds is 5. The Morgan fingerprint density at radius 2 is 2.00 bits per heavy atom. The van der Waals surface area contributed by atoms with Crippen molar-refractivity contribution in [3.05, 3.63) is 47.0 Å². The zero-order valence-corrected chi connectivity index (χ0v) is 15.1. The number of pyridine rings is 1. The number of hydrazine groups is 1. The van der Waals surface area contributed by atoms with Gasteiger partial charge < -0.3 is 16.9 Å². The molecule has 0 aliphatic rings. The second-order valence-corrected chi connectivity index (χ2v) is 6.07. The number of Topliss-reactive ketones (excluding diaryl/α,β-unsaturated/α-hetero) is 1. The van der Waals surface area contributed by atoms with Crippen LogP contribution in [0.4, 0.5) is 10.1 Å². The Morgan fingerprint density at radius 1 is 1.35 bits per heavy atom. The van der Waals surface area contributed by atoms with Gasteiger partial charge in [-0.2, -0.15) is 0 Å². The minimum absolute atomic E-state index is 0.00929. The third-order valence-electron chi connectivity index (χ3n) is 3.82. The van der Waals surface area contributed by atoms with Crippen LogP contribution >= 0.6 is 12.6 Å². The SMILES string of the molecule is CC(=O)c1cc(-c2ncc(/C(C)=C/NN)c(S)c2C(=N)N)c(F)cc1N. The molecule has 0 unspecified atom stereocenters. The smallest absolute Gasteiger partial charge is 0.161 e. The molecule has 0 aliphatic carbocycles. The summed E-state index contributed by atoms with van der Waals surface area (Å²) in [6.07, 6.45) is 2.99. The highest BCUT2D eigenvalue weighted by Crippen LogP contribution is 2.34. The molecule has 1 heterocycles. The fourth-order valence-electron chi connectivity index (χ4n) is 2.53. The number of aromatic nitrogens is 1. The molecular formula is C17H19FN6OS. The van der Waals surface area contributed by atoms with Crippen molar-refractivity contribution >= 4 is 35.5 Å². The summed E-state index contributed by atoms with van der Waals surface area (Å²) in [6.45, 7) is 3.09. The van der Waals surface area contributed by atoms with Crippen LogP contribution in [0.5, 0.6) is 0 Å². The summed E-state index contributed by atoms with van der Waals surface area (Å²) >= 11 is 4.44. The minimum Gasteiger partial charge on any atom is -0.398 e. The number of hydrogen-bond acceptors (Lipinski definition) is 7. The molecule has 0 aliphatic heterocycles. The normalized spacial score (nSPS) is 11.3. The molecule has 1 aromatic carbocycles. The minimum atomic E-state index is -0.682. The Balaban J connectivity index is 2.81. The maximum Gasteiger partial charge on any atom is 0.161 e. The fourth-order valence-corrected chi connectivity index (χ4v) is 2.99. The van der Waals surface area contributed by atoms with Gasteiger partial charge in [0.1, 0.15) is 11.7 Å². The van der Waals surface area contributed by atoms with Crippen LogP contribution in [0.1, 0.15) is 35.3 Å². The third kappa shape index (κ3) is 3.53. The highest BCUT2D eigenvalue weighted by atomic mass is 32.1. The van der Waals surface area contributed by atoms with Crippen LogP contribution in [0.25, 0.3) is 16.8 Å². The molecule has 0 amide bonds. The molecule has 0 bridgehead atoms. The van der Waals surface area contributed by atoms with Gasteiger partial charge in [0.05, 0.1) is 11.3 Å². The number of hydrogen-bond donors (Lipinski definition) is 6. The Hall–Kier alpha value is -2.91. The zero-order chi connectivity index (χ0) is 19.6. The van der Waals surface area contributed by atoms with Crippen molar-refractivity contribution in [3.63, 3.8) is 0 Å². The van der Waals surface area contributed by atoms with Gasteiger partial charge in [0.25, 0.3) is 0 Å². The molecule has 0 saturated carbocycles. The van der Waals surface area contributed by atoms with Gasteiger partial charge in [0, 0.05) is 39.7 Å². The topological polar surface area (TPSA) is 144 Å². The zero-order valence-electron chi connectivity index (χ0n) is 14.2. The van der Waals surface area contributed by atoms with Gasteiger partial charge in [-0.3, -0.25) is 21.0 Å². The summed E-state index contributed by atoms with van der Waals surface area (Å²) in [5, 5.41) is 7.87. The van der Waals surface area contributed by atoms with E-state index in [-0.39, 0.29) is 39.7 Å². The second-order valence-electron chi connectivity index (χ2n) is 5.63. The number of benzene rings is 1. The van der Waals surface area contributed by atoms with E-state index in [1.165, 1.54) is 25.4 Å². The van der Waals surface area contributed by atoms with Crippen molar-refractivity contribution in [2.45, 2.75) is 18.7 Å². The van der Waals surface area contributed by atoms with Gasteiger partial charge in [-0.25, -0.2) is 4.39 Å². The van der Waals surface area contributed by atoms with Crippen molar-refractivity contribution < 1.29 is 9.18 Å². The first-order valence-electron chi connectivity index (χ1n) is 7.49. The molecular weight excluding hydrogens is 355 g/mol. The van der Waals surface area contributed by atoms with Crippen LogP contribution in [0, 0.1) is 11.2 Å². The number of thiol groups is 1. The van der Waals surface area contributed by atoms with Crippen LogP contribution < -0.4 is 22.7 Å². The number of halogens is 1. The highest BCUT2D eigenvalue weighted by Gasteiger charge is 2.21. The number of carbonyl (C=O) groups excluding carboxylic acids is 1. The molecule has 1 aromatic heterocycles. The molecule has 2 rings (SSSR count). The van der Waals surface area contributed by atoms with E-state index in [2.05, 4.69) is 23.0 Å². The summed E-state index contributed by atoms with van der Waals surface area (Å²) in [4.78, 5) is 16.3. The van der Waals surface area contributed by atoms with E-state index >= 15 is 0 Å². The first-order valence-corrected chi connectivity index (χ1v) is 7.93. The lowest BCUT2D eigenvalue weighted by Gasteiger charge is -2.16. The Labute approximate surface area is 155 Å². The van der Waals surface area contributed by atoms with Crippen LogP contribution in [0.2, 0.25) is 0 Å². The Morgan fingerprint density at radius 3 is 2.54 bits per heavy atom. The van der Waals surface area contributed by atoms with Crippen molar-refractivity contribution in [1.82, 2.24) is 10.4 Å². The van der Waals surface area contributed by atoms with E-state index in [4.69, 9.17) is 22.7 Å². The molecule has 9 heteroatoms. The average molecular weight is 374 g/mol. The number of nitrogens with one attached hydrogen (secondary N) is 2. The number of nitrogen functional groups attached to an aromatic ring is 2. The predicted octanol–water partition coefficient (Wildman–Crippen LogP) is 2.07. The van der Waals surface area contributed by atoms with Gasteiger partial charge in [-0.05, 0) is 31.6 Å². The molecule has 0 atom stereocenters. The van der Waals surface area contributed by atoms with E-state index in [9.17, 15) is 9.18 Å². The van der Waals surface area contributed by atoms with E-state index in [0.717, 1.165) is 6.07 Å². The molecule has 0 saturated heterocycles. The third-order valence-corrected chi connectivity index (χ3v) is 4.28. The molecule has 26 heavy (non-hydrogen) atoms. The number of carbonyl (C=O) groups is 1. The van der Waals surface area contributed by atoms with Crippen molar-refractivity contribution in [2.24, 2.45) is 11.6 Å². The standard InChI is InChI=1S/C17H19FN6OS/c1-7(5-24-22)11-6-23-15(14(16(11)26)17(20)21)10-3-9(8(2)25)13(19)4-12(10)18/h3-6,24H,19,22H2,1-2H3,(H3,20,21)(H,23,26)/b7-5+. The molecule has 0 radical (unpaired) electrons. The summed E-state index contributed by atoms with van der Waals surface area (Å²) < 4.78 is 14.5. The number of nitrogens with two attached hydrogens (primary N) is 3. The van der Waals surface area contributed by atoms with E-state index in [0.29, 0.717) is 16.0 Å². The van der Waals surface area contributed by atoms with Crippen LogP contribution in [-0.2, 0) is 0 Å². The average Bonchev–Trinajstić information content (AvgIpc) is 2.54. The quantitative estimate of drug-likeness (QED) is 0.0899. The fraction of sp³-hybridized carbons (Fsp3) is 0.118. The van der Waals surface area contributed by atoms with Crippen molar-refractivity contribution in [2.75, 3.05) is 5.73 Å². The lowest BCUT2D eigenvalue weighted by atomic mass is 9.97. The molecule has 0 spiro atoms. The molecule has 7 nitrogen and oxygen atoms in total. The summed E-state index contributed by atoms with van der Waals surface area (Å²) in [7, 11) is 0. The number of ketones is 1. The van der Waals surface area contributed by atoms with Crippen LogP contribution in [0.3, 0.4) is 0 Å². The lowest BCUT2D eigenvalue weighted by Crippen LogP contribution is -2.17. The molecule has 136 valence electrons. The van der Waals surface area contributed by atoms with Crippen molar-refractivity contribution in [3.8, 4) is 11.3 Å². The molecule has 0 fully saturated rings. The number of nitrogens with zero attached hydrogens (tertiary/aromatic N) is 1. The molecule has 2 aromatic rings. The first kappa shape index (κ1) is 19.4. The lowest BCUT2D eigenvalue weighted by molar-refractivity contribution is 0.101. The largest absolute Gasteiger partial charge is 0.398 e. The van der Waals surface area contributed by atoms with E-state index < -0.39 is 5.82 Å². The monoisotopic (exact) mass is 374 g/mol. The van der Waals surface area contributed by atoms with Gasteiger partial charge in [-0.15, -0.1) is 12.6 Å². The number of anilines is 1. The summed E-state index contributed by atoms with van der Waals surface area (Å²) in [5.41, 5.74) is 15.5. The van der Waals surface area contributed by atoms with Crippen LogP contribution in [-0.4, -0.2) is 16.6 Å². The van der Waals surface area contributed by atoms with Crippen LogP contribution in [0.15, 0.2) is 29.4 Å². The Bertz CT molecular complexity index is 941. The van der Waals surface area contributed by atoms with Gasteiger partial charge in [0.15, 0.2) is 5.78 Å². The van der Waals surface area contributed by atoms with E-state index in [1.54, 1.807) is 6.92 Å². The highest BCUT2D eigenvalue weighted by molar-refractivity contribution is 7.80. The second kappa shape index (κ2) is 7.54. The van der Waals surface area contributed by atoms with E-state index in [1.807, 2.05) is 0 Å². The van der Waals surface area contributed by atoms with Crippen molar-refractivity contribution in [1.29, 1.82) is 5.41 Å². The summed E-state index contributed by atoms with van der Waals surface area (Å²) in [5.74, 6) is 3.95. The molecule has 8 N–H and O–H groups in total. The van der Waals surface area contributed by atoms with Gasteiger partial charge in [0.2, 0.25) is 0 Å². The predicted molar refractivity (Wildman–Crippen MR) is 103 cm³/mol. The Kier molecular flexibility index (Phi) is 5.63. The maximum atomic E-state index is 14.5. The van der Waals surface area contributed by atoms with Gasteiger partial charge >= 0.3 is 0 Å². The first-order chi connectivity index (χ1) is 12.2. The number of allylic oxidation sites excluding steroid dienone is 1. The maximum absolute atomic E-state index is 14.5.